The molecule has 2 rings (SSSR count). The Kier molecular flexibility index (Phi) is 3.92. The molecule has 14 heavy (non-hydrogen) atoms. The molecule has 0 aliphatic carbocycles. The summed E-state index contributed by atoms with van der Waals surface area (Å²) >= 11 is 1.63. The van der Waals surface area contributed by atoms with E-state index in [1.807, 2.05) is 5.38 Å². The van der Waals surface area contributed by atoms with E-state index in [1.165, 1.54) is 17.6 Å². The van der Waals surface area contributed by atoms with Gasteiger partial charge in [0.1, 0.15) is 0 Å². The molecule has 2 heterocycles. The van der Waals surface area contributed by atoms with Gasteiger partial charge < -0.3 is 10.1 Å². The van der Waals surface area contributed by atoms with Crippen LogP contribution in [0.4, 0.5) is 0 Å². The maximum Gasteiger partial charge on any atom is 0.338 e. The Morgan fingerprint density at radius 3 is 3.14 bits per heavy atom. The largest absolute Gasteiger partial charge is 0.465 e. The van der Waals surface area contributed by atoms with Gasteiger partial charge in [-0.15, -0.1) is 23.7 Å². The molecule has 1 aliphatic heterocycles. The molecular weight excluding hydrogens is 222 g/mol. The smallest absolute Gasteiger partial charge is 0.338 e. The van der Waals surface area contributed by atoms with Crippen LogP contribution in [0.15, 0.2) is 5.38 Å². The van der Waals surface area contributed by atoms with Crippen molar-refractivity contribution in [1.82, 2.24) is 5.32 Å². The Labute approximate surface area is 92.9 Å². The molecule has 78 valence electrons. The summed E-state index contributed by atoms with van der Waals surface area (Å²) in [5.74, 6) is -0.209. The van der Waals surface area contributed by atoms with Gasteiger partial charge in [0.2, 0.25) is 0 Å². The molecule has 0 atom stereocenters. The number of methoxy groups -OCH3 is 1. The maximum absolute atomic E-state index is 11.3. The normalized spacial score (nSPS) is 14.1. The fourth-order valence-corrected chi connectivity index (χ4v) is 2.58. The van der Waals surface area contributed by atoms with Crippen molar-refractivity contribution in [2.75, 3.05) is 13.7 Å². The summed E-state index contributed by atoms with van der Waals surface area (Å²) in [6, 6.07) is 0. The summed E-state index contributed by atoms with van der Waals surface area (Å²) in [7, 11) is 1.42. The van der Waals surface area contributed by atoms with E-state index in [2.05, 4.69) is 5.32 Å². The fourth-order valence-electron chi connectivity index (χ4n) is 1.54. The van der Waals surface area contributed by atoms with Crippen molar-refractivity contribution >= 4 is 29.7 Å². The number of rotatable bonds is 1. The van der Waals surface area contributed by atoms with Crippen LogP contribution in [0.25, 0.3) is 0 Å². The second kappa shape index (κ2) is 4.77. The number of carbonyl (C=O) groups excluding carboxylic acids is 1. The highest BCUT2D eigenvalue weighted by Crippen LogP contribution is 2.25. The van der Waals surface area contributed by atoms with Crippen LogP contribution in [0.1, 0.15) is 20.8 Å². The number of thiophene rings is 1. The first-order valence-electron chi connectivity index (χ1n) is 4.21. The van der Waals surface area contributed by atoms with Crippen LogP contribution in [0, 0.1) is 0 Å². The molecule has 3 nitrogen and oxygen atoms in total. The van der Waals surface area contributed by atoms with Gasteiger partial charge in [0.15, 0.2) is 0 Å². The van der Waals surface area contributed by atoms with Gasteiger partial charge in [-0.1, -0.05) is 0 Å². The molecule has 0 radical (unpaired) electrons. The first-order chi connectivity index (χ1) is 6.33. The van der Waals surface area contributed by atoms with Crippen LogP contribution in [0.2, 0.25) is 0 Å². The number of hydrogen-bond donors (Lipinski definition) is 1. The Morgan fingerprint density at radius 1 is 1.64 bits per heavy atom. The van der Waals surface area contributed by atoms with Crippen molar-refractivity contribution in [2.24, 2.45) is 0 Å². The van der Waals surface area contributed by atoms with Crippen LogP contribution >= 0.6 is 23.7 Å². The van der Waals surface area contributed by atoms with E-state index >= 15 is 0 Å². The van der Waals surface area contributed by atoms with E-state index in [9.17, 15) is 4.79 Å². The van der Waals surface area contributed by atoms with Crippen molar-refractivity contribution in [1.29, 1.82) is 0 Å². The molecule has 0 unspecified atom stereocenters. The van der Waals surface area contributed by atoms with E-state index in [0.29, 0.717) is 0 Å². The third-order valence-electron chi connectivity index (χ3n) is 2.22. The maximum atomic E-state index is 11.3. The number of halogens is 1. The number of fused-ring (bicyclic) bond motifs is 1. The number of hydrogen-bond acceptors (Lipinski definition) is 4. The minimum Gasteiger partial charge on any atom is -0.465 e. The lowest BCUT2D eigenvalue weighted by atomic mass is 10.1. The summed E-state index contributed by atoms with van der Waals surface area (Å²) in [6.07, 6.45) is 0.934. The van der Waals surface area contributed by atoms with Crippen molar-refractivity contribution in [3.05, 3.63) is 21.4 Å². The highest BCUT2D eigenvalue weighted by molar-refractivity contribution is 7.10. The first kappa shape index (κ1) is 11.5. The van der Waals surface area contributed by atoms with Crippen LogP contribution in [0.3, 0.4) is 0 Å². The minimum atomic E-state index is -0.209. The quantitative estimate of drug-likeness (QED) is 0.749. The van der Waals surface area contributed by atoms with Gasteiger partial charge in [0.05, 0.1) is 12.7 Å². The van der Waals surface area contributed by atoms with Crippen molar-refractivity contribution in [2.45, 2.75) is 13.0 Å². The van der Waals surface area contributed by atoms with Crippen LogP contribution < -0.4 is 5.32 Å². The van der Waals surface area contributed by atoms with E-state index in [0.717, 1.165) is 25.1 Å². The topological polar surface area (TPSA) is 38.3 Å². The van der Waals surface area contributed by atoms with Crippen molar-refractivity contribution in [3.63, 3.8) is 0 Å². The molecule has 0 saturated carbocycles. The Morgan fingerprint density at radius 2 is 2.43 bits per heavy atom. The summed E-state index contributed by atoms with van der Waals surface area (Å²) in [5.41, 5.74) is 1.93. The van der Waals surface area contributed by atoms with Gasteiger partial charge in [-0.25, -0.2) is 4.79 Å². The van der Waals surface area contributed by atoms with Crippen LogP contribution in [-0.2, 0) is 17.7 Å². The van der Waals surface area contributed by atoms with Gasteiger partial charge in [-0.2, -0.15) is 0 Å². The molecular formula is C9H12ClNO2S. The number of carbonyl (C=O) groups is 1. The van der Waals surface area contributed by atoms with Gasteiger partial charge in [0, 0.05) is 16.8 Å². The van der Waals surface area contributed by atoms with Gasteiger partial charge in [-0.05, 0) is 18.5 Å². The highest BCUT2D eigenvalue weighted by atomic mass is 35.5. The lowest BCUT2D eigenvalue weighted by molar-refractivity contribution is 0.0600. The number of esters is 1. The Balaban J connectivity index is 0.000000980. The zero-order valence-corrected chi connectivity index (χ0v) is 9.46. The van der Waals surface area contributed by atoms with Gasteiger partial charge in [-0.3, -0.25) is 0 Å². The number of nitrogens with one attached hydrogen (secondary N) is 1. The molecule has 1 N–H and O–H groups in total. The summed E-state index contributed by atoms with van der Waals surface area (Å²) < 4.78 is 4.71. The summed E-state index contributed by atoms with van der Waals surface area (Å²) in [6.45, 7) is 1.84. The summed E-state index contributed by atoms with van der Waals surface area (Å²) in [4.78, 5) is 12.6. The van der Waals surface area contributed by atoms with Gasteiger partial charge >= 0.3 is 5.97 Å². The molecule has 0 fully saturated rings. The second-order valence-electron chi connectivity index (χ2n) is 2.97. The molecule has 0 saturated heterocycles. The summed E-state index contributed by atoms with van der Waals surface area (Å²) in [5, 5.41) is 5.16. The van der Waals surface area contributed by atoms with E-state index in [4.69, 9.17) is 4.74 Å². The van der Waals surface area contributed by atoms with Gasteiger partial charge in [0.25, 0.3) is 0 Å². The molecule has 1 aliphatic rings. The lowest BCUT2D eigenvalue weighted by Gasteiger charge is -2.13. The lowest BCUT2D eigenvalue weighted by Crippen LogP contribution is -2.23. The predicted molar refractivity (Wildman–Crippen MR) is 58.3 cm³/mol. The Bertz CT molecular complexity index is 338. The highest BCUT2D eigenvalue weighted by Gasteiger charge is 2.19. The first-order valence-corrected chi connectivity index (χ1v) is 5.09. The molecule has 0 spiro atoms. The van der Waals surface area contributed by atoms with E-state index in [1.54, 1.807) is 11.3 Å². The number of ether oxygens (including phenoxy) is 1. The van der Waals surface area contributed by atoms with Crippen molar-refractivity contribution < 1.29 is 9.53 Å². The minimum absolute atomic E-state index is 0. The van der Waals surface area contributed by atoms with Crippen LogP contribution in [0.5, 0.6) is 0 Å². The monoisotopic (exact) mass is 233 g/mol. The van der Waals surface area contributed by atoms with E-state index in [-0.39, 0.29) is 18.4 Å². The average molecular weight is 234 g/mol. The predicted octanol–water partition coefficient (Wildman–Crippen LogP) is 1.60. The third-order valence-corrected chi connectivity index (χ3v) is 3.25. The van der Waals surface area contributed by atoms with Crippen molar-refractivity contribution in [3.8, 4) is 0 Å². The SMILES string of the molecule is COC(=O)c1csc2c1CCNC2.Cl. The molecule has 5 heteroatoms. The fraction of sp³-hybridized carbons (Fsp3) is 0.444. The molecule has 1 aromatic rings. The zero-order chi connectivity index (χ0) is 9.26. The van der Waals surface area contributed by atoms with Crippen LogP contribution in [-0.4, -0.2) is 19.6 Å². The average Bonchev–Trinajstić information content (AvgIpc) is 2.60. The zero-order valence-electron chi connectivity index (χ0n) is 7.83. The Hall–Kier alpha value is -0.580. The molecule has 0 amide bonds. The molecule has 0 aromatic carbocycles. The second-order valence-corrected chi connectivity index (χ2v) is 3.93. The molecule has 0 bridgehead atoms. The molecule has 1 aromatic heterocycles. The standard InChI is InChI=1S/C9H11NO2S.ClH/c1-12-9(11)7-5-13-8-4-10-3-2-6(7)8;/h5,10H,2-4H2,1H3;1H. The van der Waals surface area contributed by atoms with E-state index < -0.39 is 0 Å². The third kappa shape index (κ3) is 1.92.